The van der Waals surface area contributed by atoms with Crippen LogP contribution in [0.1, 0.15) is 19.7 Å². The average Bonchev–Trinajstić information content (AvgIpc) is 2.75. The molecule has 0 fully saturated rings. The number of aromatic nitrogens is 2. The molecule has 18 heavy (non-hydrogen) atoms. The van der Waals surface area contributed by atoms with Crippen LogP contribution in [0.3, 0.4) is 0 Å². The fourth-order valence-corrected chi connectivity index (χ4v) is 1.98. The molecule has 1 aromatic carbocycles. The Morgan fingerprint density at radius 3 is 2.89 bits per heavy atom. The van der Waals surface area contributed by atoms with Crippen LogP contribution in [-0.4, -0.2) is 20.5 Å². The molecule has 6 heteroatoms. The van der Waals surface area contributed by atoms with E-state index in [1.165, 1.54) is 18.2 Å². The first-order valence-corrected chi connectivity index (χ1v) is 6.55. The van der Waals surface area contributed by atoms with E-state index in [2.05, 4.69) is 24.0 Å². The summed E-state index contributed by atoms with van der Waals surface area (Å²) in [6.45, 7) is 4.13. The predicted octanol–water partition coefficient (Wildman–Crippen LogP) is 3.22. The molecule has 1 heterocycles. The Balaban J connectivity index is 2.24. The van der Waals surface area contributed by atoms with E-state index in [9.17, 15) is 9.50 Å². The quantitative estimate of drug-likeness (QED) is 0.922. The third kappa shape index (κ3) is 2.81. The smallest absolute Gasteiger partial charge is 0.264 e. The van der Waals surface area contributed by atoms with E-state index in [-0.39, 0.29) is 17.2 Å². The van der Waals surface area contributed by atoms with Crippen molar-refractivity contribution in [2.45, 2.75) is 24.9 Å². The van der Waals surface area contributed by atoms with E-state index < -0.39 is 5.82 Å². The van der Waals surface area contributed by atoms with Crippen molar-refractivity contribution in [2.24, 2.45) is 0 Å². The summed E-state index contributed by atoms with van der Waals surface area (Å²) < 4.78 is 18.5. The largest absolute Gasteiger partial charge is 0.507 e. The van der Waals surface area contributed by atoms with Crippen LogP contribution in [0.5, 0.6) is 5.75 Å². The third-order valence-corrected chi connectivity index (χ3v) is 3.31. The monoisotopic (exact) mass is 268 g/mol. The summed E-state index contributed by atoms with van der Waals surface area (Å²) in [5, 5.41) is 13.8. The number of nitrogens with zero attached hydrogens (tertiary/aromatic N) is 2. The maximum Gasteiger partial charge on any atom is 0.264 e. The second-order valence-electron chi connectivity index (χ2n) is 4.01. The number of phenolic OH excluding ortho intramolecular Hbond substituents is 1. The highest BCUT2D eigenvalue weighted by Crippen LogP contribution is 2.30. The van der Waals surface area contributed by atoms with Crippen LogP contribution in [0, 0.1) is 5.82 Å². The van der Waals surface area contributed by atoms with Crippen LogP contribution in [0.15, 0.2) is 22.7 Å². The number of hydrogen-bond donors (Lipinski definition) is 1. The van der Waals surface area contributed by atoms with Gasteiger partial charge in [-0.15, -0.1) is 0 Å². The minimum absolute atomic E-state index is 0.00459. The van der Waals surface area contributed by atoms with Crippen LogP contribution in [0.2, 0.25) is 0 Å². The average molecular weight is 268 g/mol. The highest BCUT2D eigenvalue weighted by atomic mass is 32.2. The molecule has 96 valence electrons. The number of phenols is 1. The molecular formula is C12H13FN2O2S. The number of thioether (sulfide) groups is 1. The number of rotatable bonds is 4. The van der Waals surface area contributed by atoms with Crippen LogP contribution in [0.4, 0.5) is 4.39 Å². The molecule has 0 saturated carbocycles. The Hall–Kier alpha value is -1.56. The first kappa shape index (κ1) is 12.9. The maximum atomic E-state index is 13.6. The van der Waals surface area contributed by atoms with Gasteiger partial charge in [0.2, 0.25) is 0 Å². The Bertz CT molecular complexity index is 522. The normalized spacial score (nSPS) is 11.1. The van der Waals surface area contributed by atoms with Gasteiger partial charge in [0.15, 0.2) is 5.82 Å². The minimum Gasteiger partial charge on any atom is -0.507 e. The molecule has 0 spiro atoms. The summed E-state index contributed by atoms with van der Waals surface area (Å²) >= 11 is 1.66. The Labute approximate surface area is 108 Å². The van der Waals surface area contributed by atoms with Crippen LogP contribution in [0.25, 0.3) is 11.5 Å². The lowest BCUT2D eigenvalue weighted by Gasteiger charge is -2.00. The molecule has 1 N–H and O–H groups in total. The van der Waals surface area contributed by atoms with Gasteiger partial charge in [-0.25, -0.2) is 4.39 Å². The van der Waals surface area contributed by atoms with Crippen LogP contribution < -0.4 is 0 Å². The summed E-state index contributed by atoms with van der Waals surface area (Å²) in [7, 11) is 0. The standard InChI is InChI=1S/C12H13FN2O2S/c1-7(2)18-6-10-14-12(17-15-10)11-8(13)4-3-5-9(11)16/h3-5,7,16H,6H2,1-2H3. The summed E-state index contributed by atoms with van der Waals surface area (Å²) in [4.78, 5) is 4.08. The molecule has 2 aromatic rings. The second-order valence-corrected chi connectivity index (χ2v) is 5.57. The van der Waals surface area contributed by atoms with E-state index in [4.69, 9.17) is 4.52 Å². The second kappa shape index (κ2) is 5.39. The molecule has 0 unspecified atom stereocenters. The van der Waals surface area contributed by atoms with Gasteiger partial charge in [0.1, 0.15) is 17.1 Å². The van der Waals surface area contributed by atoms with Gasteiger partial charge in [0.05, 0.1) is 5.75 Å². The zero-order chi connectivity index (χ0) is 13.1. The van der Waals surface area contributed by atoms with Gasteiger partial charge in [-0.05, 0) is 17.4 Å². The molecule has 2 rings (SSSR count). The highest BCUT2D eigenvalue weighted by molar-refractivity contribution is 7.99. The van der Waals surface area contributed by atoms with Crippen molar-refractivity contribution in [3.63, 3.8) is 0 Å². The van der Waals surface area contributed by atoms with Crippen molar-refractivity contribution in [3.05, 3.63) is 29.8 Å². The summed E-state index contributed by atoms with van der Waals surface area (Å²) in [5.74, 6) is 0.302. The SMILES string of the molecule is CC(C)SCc1noc(-c2c(O)cccc2F)n1. The first-order valence-electron chi connectivity index (χ1n) is 5.50. The van der Waals surface area contributed by atoms with Gasteiger partial charge in [-0.2, -0.15) is 16.7 Å². The minimum atomic E-state index is -0.582. The maximum absolute atomic E-state index is 13.6. The van der Waals surface area contributed by atoms with Crippen molar-refractivity contribution in [2.75, 3.05) is 0 Å². The van der Waals surface area contributed by atoms with E-state index in [0.717, 1.165) is 0 Å². The highest BCUT2D eigenvalue weighted by Gasteiger charge is 2.17. The predicted molar refractivity (Wildman–Crippen MR) is 67.8 cm³/mol. The van der Waals surface area contributed by atoms with Gasteiger partial charge < -0.3 is 9.63 Å². The van der Waals surface area contributed by atoms with Crippen LogP contribution in [-0.2, 0) is 5.75 Å². The van der Waals surface area contributed by atoms with Crippen molar-refractivity contribution in [1.29, 1.82) is 0 Å². The number of halogens is 1. The molecular weight excluding hydrogens is 255 g/mol. The van der Waals surface area contributed by atoms with Crippen molar-refractivity contribution < 1.29 is 14.0 Å². The molecule has 0 atom stereocenters. The van der Waals surface area contributed by atoms with Gasteiger partial charge >= 0.3 is 0 Å². The van der Waals surface area contributed by atoms with Gasteiger partial charge in [0, 0.05) is 0 Å². The molecule has 0 amide bonds. The Morgan fingerprint density at radius 2 is 2.22 bits per heavy atom. The molecule has 1 aromatic heterocycles. The van der Waals surface area contributed by atoms with E-state index >= 15 is 0 Å². The molecule has 0 aliphatic carbocycles. The number of benzene rings is 1. The van der Waals surface area contributed by atoms with Gasteiger partial charge in [-0.1, -0.05) is 25.1 Å². The van der Waals surface area contributed by atoms with Gasteiger partial charge in [0.25, 0.3) is 5.89 Å². The fraction of sp³-hybridized carbons (Fsp3) is 0.333. The lowest BCUT2D eigenvalue weighted by Crippen LogP contribution is -1.91. The summed E-state index contributed by atoms with van der Waals surface area (Å²) in [6.07, 6.45) is 0. The van der Waals surface area contributed by atoms with E-state index in [1.807, 2.05) is 0 Å². The zero-order valence-corrected chi connectivity index (χ0v) is 10.9. The first-order chi connectivity index (χ1) is 8.58. The summed E-state index contributed by atoms with van der Waals surface area (Å²) in [5.41, 5.74) is -0.0502. The molecule has 0 aliphatic rings. The number of aromatic hydroxyl groups is 1. The summed E-state index contributed by atoms with van der Waals surface area (Å²) in [6, 6.07) is 4.03. The van der Waals surface area contributed by atoms with Crippen molar-refractivity contribution in [1.82, 2.24) is 10.1 Å². The molecule has 0 radical (unpaired) electrons. The molecule has 4 nitrogen and oxygen atoms in total. The van der Waals surface area contributed by atoms with Crippen molar-refractivity contribution >= 4 is 11.8 Å². The lowest BCUT2D eigenvalue weighted by atomic mass is 10.2. The zero-order valence-electron chi connectivity index (χ0n) is 10.1. The Morgan fingerprint density at radius 1 is 1.44 bits per heavy atom. The van der Waals surface area contributed by atoms with Crippen LogP contribution >= 0.6 is 11.8 Å². The third-order valence-electron chi connectivity index (χ3n) is 2.22. The number of hydrogen-bond acceptors (Lipinski definition) is 5. The van der Waals surface area contributed by atoms with Gasteiger partial charge in [-0.3, -0.25) is 0 Å². The topological polar surface area (TPSA) is 59.2 Å². The van der Waals surface area contributed by atoms with Crippen molar-refractivity contribution in [3.8, 4) is 17.2 Å². The Kier molecular flexibility index (Phi) is 3.86. The fourth-order valence-electron chi connectivity index (χ4n) is 1.38. The molecule has 0 bridgehead atoms. The van der Waals surface area contributed by atoms with E-state index in [0.29, 0.717) is 16.8 Å². The lowest BCUT2D eigenvalue weighted by molar-refractivity contribution is 0.415. The van der Waals surface area contributed by atoms with E-state index in [1.54, 1.807) is 11.8 Å². The molecule has 0 saturated heterocycles. The molecule has 0 aliphatic heterocycles.